The van der Waals surface area contributed by atoms with Crippen LogP contribution in [-0.4, -0.2) is 0 Å². The maximum absolute atomic E-state index is 2.36. The Kier molecular flexibility index (Phi) is 4.13. The molecule has 0 heterocycles. The van der Waals surface area contributed by atoms with Gasteiger partial charge < -0.3 is 0 Å². The number of rotatable bonds is 4. The van der Waals surface area contributed by atoms with Crippen LogP contribution in [0.4, 0.5) is 0 Å². The summed E-state index contributed by atoms with van der Waals surface area (Å²) in [5.41, 5.74) is 1.66. The minimum Gasteiger partial charge on any atom is -0.0842 e. The van der Waals surface area contributed by atoms with Gasteiger partial charge in [0, 0.05) is 0 Å². The van der Waals surface area contributed by atoms with Gasteiger partial charge in [-0.15, -0.1) is 0 Å². The van der Waals surface area contributed by atoms with E-state index >= 15 is 0 Å². The molecule has 1 aliphatic rings. The summed E-state index contributed by atoms with van der Waals surface area (Å²) in [6.07, 6.45) is 13.4. The summed E-state index contributed by atoms with van der Waals surface area (Å²) in [6, 6.07) is 0. The van der Waals surface area contributed by atoms with Gasteiger partial charge in [-0.25, -0.2) is 0 Å². The lowest BCUT2D eigenvalue weighted by molar-refractivity contribution is 0.553. The predicted molar refractivity (Wildman–Crippen MR) is 55.1 cm³/mol. The Morgan fingerprint density at radius 1 is 1.50 bits per heavy atom. The van der Waals surface area contributed by atoms with E-state index in [1.165, 1.54) is 32.1 Å². The lowest BCUT2D eigenvalue weighted by Gasteiger charge is -2.16. The van der Waals surface area contributed by atoms with Gasteiger partial charge in [-0.3, -0.25) is 0 Å². The summed E-state index contributed by atoms with van der Waals surface area (Å²) in [7, 11) is 0. The predicted octanol–water partition coefficient (Wildman–Crippen LogP) is 4.09. The minimum atomic E-state index is 0.815. The molecule has 1 aliphatic carbocycles. The number of hydrogen-bond acceptors (Lipinski definition) is 0. The number of unbranched alkanes of at least 4 members (excludes halogenated alkanes) is 1. The third-order valence-electron chi connectivity index (χ3n) is 2.67. The first-order chi connectivity index (χ1) is 5.84. The van der Waals surface area contributed by atoms with Crippen LogP contribution in [0.1, 0.15) is 46.0 Å². The quantitative estimate of drug-likeness (QED) is 0.587. The SMILES string of the molecule is CCCCC(C)C1=CC=CCC1. The zero-order chi connectivity index (χ0) is 8.81. The molecule has 0 bridgehead atoms. The largest absolute Gasteiger partial charge is 0.0842 e. The highest BCUT2D eigenvalue weighted by Gasteiger charge is 2.08. The Labute approximate surface area is 76.4 Å². The van der Waals surface area contributed by atoms with Crippen molar-refractivity contribution in [3.63, 3.8) is 0 Å². The van der Waals surface area contributed by atoms with E-state index in [2.05, 4.69) is 32.1 Å². The van der Waals surface area contributed by atoms with Crippen molar-refractivity contribution in [1.82, 2.24) is 0 Å². The molecular weight excluding hydrogens is 144 g/mol. The Bertz CT molecular complexity index is 174. The average Bonchev–Trinajstić information content (AvgIpc) is 2.15. The molecule has 1 rings (SSSR count). The smallest absolute Gasteiger partial charge is 0.0228 e. The van der Waals surface area contributed by atoms with E-state index < -0.39 is 0 Å². The average molecular weight is 164 g/mol. The second kappa shape index (κ2) is 5.18. The summed E-state index contributed by atoms with van der Waals surface area (Å²) in [5, 5.41) is 0. The molecule has 0 fully saturated rings. The van der Waals surface area contributed by atoms with Crippen molar-refractivity contribution in [2.24, 2.45) is 5.92 Å². The first kappa shape index (κ1) is 9.57. The standard InChI is InChI=1S/C12H20/c1-3-4-8-11(2)12-9-6-5-7-10-12/h5-6,9,11H,3-4,7-8,10H2,1-2H3. The fourth-order valence-electron chi connectivity index (χ4n) is 1.73. The van der Waals surface area contributed by atoms with Crippen LogP contribution in [0, 0.1) is 5.92 Å². The molecule has 0 aromatic rings. The molecule has 1 unspecified atom stereocenters. The summed E-state index contributed by atoms with van der Waals surface area (Å²) >= 11 is 0. The molecule has 68 valence electrons. The molecule has 0 N–H and O–H groups in total. The molecule has 1 atom stereocenters. The molecule has 0 aromatic heterocycles. The molecule has 12 heavy (non-hydrogen) atoms. The monoisotopic (exact) mass is 164 g/mol. The summed E-state index contributed by atoms with van der Waals surface area (Å²) in [5.74, 6) is 0.815. The number of hydrogen-bond donors (Lipinski definition) is 0. The molecule has 0 spiro atoms. The highest BCUT2D eigenvalue weighted by Crippen LogP contribution is 2.24. The van der Waals surface area contributed by atoms with Gasteiger partial charge >= 0.3 is 0 Å². The number of allylic oxidation sites excluding steroid dienone is 4. The van der Waals surface area contributed by atoms with Gasteiger partial charge in [0.2, 0.25) is 0 Å². The summed E-state index contributed by atoms with van der Waals surface area (Å²) in [4.78, 5) is 0. The van der Waals surface area contributed by atoms with E-state index in [0.29, 0.717) is 0 Å². The molecule has 0 heteroatoms. The van der Waals surface area contributed by atoms with E-state index in [0.717, 1.165) is 5.92 Å². The minimum absolute atomic E-state index is 0.815. The van der Waals surface area contributed by atoms with E-state index in [-0.39, 0.29) is 0 Å². The van der Waals surface area contributed by atoms with Crippen molar-refractivity contribution < 1.29 is 0 Å². The van der Waals surface area contributed by atoms with Crippen LogP contribution in [0.5, 0.6) is 0 Å². The van der Waals surface area contributed by atoms with E-state index in [4.69, 9.17) is 0 Å². The first-order valence-corrected chi connectivity index (χ1v) is 5.20. The van der Waals surface area contributed by atoms with Crippen LogP contribution in [0.2, 0.25) is 0 Å². The highest BCUT2D eigenvalue weighted by molar-refractivity contribution is 5.19. The third-order valence-corrected chi connectivity index (χ3v) is 2.67. The molecule has 0 aromatic carbocycles. The second-order valence-corrected chi connectivity index (χ2v) is 3.75. The fourth-order valence-corrected chi connectivity index (χ4v) is 1.73. The molecule has 0 saturated heterocycles. The van der Waals surface area contributed by atoms with Crippen LogP contribution < -0.4 is 0 Å². The second-order valence-electron chi connectivity index (χ2n) is 3.75. The van der Waals surface area contributed by atoms with Gasteiger partial charge in [0.1, 0.15) is 0 Å². The topological polar surface area (TPSA) is 0 Å². The van der Waals surface area contributed by atoms with Gasteiger partial charge in [-0.2, -0.15) is 0 Å². The Morgan fingerprint density at radius 2 is 2.33 bits per heavy atom. The van der Waals surface area contributed by atoms with Crippen LogP contribution in [-0.2, 0) is 0 Å². The molecule has 0 saturated carbocycles. The fraction of sp³-hybridized carbons (Fsp3) is 0.667. The maximum Gasteiger partial charge on any atom is -0.0228 e. The first-order valence-electron chi connectivity index (χ1n) is 5.20. The van der Waals surface area contributed by atoms with Crippen LogP contribution >= 0.6 is 0 Å². The maximum atomic E-state index is 2.36. The van der Waals surface area contributed by atoms with Crippen molar-refractivity contribution in [2.45, 2.75) is 46.0 Å². The van der Waals surface area contributed by atoms with Crippen LogP contribution in [0.3, 0.4) is 0 Å². The van der Waals surface area contributed by atoms with E-state index in [1.54, 1.807) is 5.57 Å². The van der Waals surface area contributed by atoms with Gasteiger partial charge in [-0.1, -0.05) is 50.5 Å². The van der Waals surface area contributed by atoms with Crippen molar-refractivity contribution in [1.29, 1.82) is 0 Å². The van der Waals surface area contributed by atoms with E-state index in [9.17, 15) is 0 Å². The van der Waals surface area contributed by atoms with Gasteiger partial charge in [0.05, 0.1) is 0 Å². The lowest BCUT2D eigenvalue weighted by Crippen LogP contribution is -2.00. The lowest BCUT2D eigenvalue weighted by atomic mass is 9.90. The van der Waals surface area contributed by atoms with Gasteiger partial charge in [0.15, 0.2) is 0 Å². The highest BCUT2D eigenvalue weighted by atomic mass is 14.1. The normalized spacial score (nSPS) is 19.0. The van der Waals surface area contributed by atoms with Crippen LogP contribution in [0.15, 0.2) is 23.8 Å². The molecular formula is C12H20. The van der Waals surface area contributed by atoms with Crippen molar-refractivity contribution >= 4 is 0 Å². The Balaban J connectivity index is 2.35. The van der Waals surface area contributed by atoms with Gasteiger partial charge in [0.25, 0.3) is 0 Å². The third kappa shape index (κ3) is 2.84. The van der Waals surface area contributed by atoms with Crippen molar-refractivity contribution in [3.8, 4) is 0 Å². The molecule has 0 amide bonds. The van der Waals surface area contributed by atoms with Crippen molar-refractivity contribution in [3.05, 3.63) is 23.8 Å². The Morgan fingerprint density at radius 3 is 2.92 bits per heavy atom. The van der Waals surface area contributed by atoms with Gasteiger partial charge in [-0.05, 0) is 25.2 Å². The summed E-state index contributed by atoms with van der Waals surface area (Å²) in [6.45, 7) is 4.63. The molecule has 0 radical (unpaired) electrons. The molecule has 0 nitrogen and oxygen atoms in total. The van der Waals surface area contributed by atoms with E-state index in [1.807, 2.05) is 0 Å². The zero-order valence-electron chi connectivity index (χ0n) is 8.34. The Hall–Kier alpha value is -0.520. The van der Waals surface area contributed by atoms with Crippen LogP contribution in [0.25, 0.3) is 0 Å². The van der Waals surface area contributed by atoms with Crippen molar-refractivity contribution in [2.75, 3.05) is 0 Å². The zero-order valence-corrected chi connectivity index (χ0v) is 8.34. The summed E-state index contributed by atoms with van der Waals surface area (Å²) < 4.78 is 0. The molecule has 0 aliphatic heterocycles.